The maximum Gasteiger partial charge on any atom is 1.00 e. The van der Waals surface area contributed by atoms with Gasteiger partial charge in [-0.05, 0) is 51.9 Å². The molecule has 4 rings (SSSR count). The molecule has 1 aliphatic heterocycles. The van der Waals surface area contributed by atoms with Crippen molar-refractivity contribution in [1.29, 1.82) is 0 Å². The number of hydrogen-bond acceptors (Lipinski definition) is 5. The van der Waals surface area contributed by atoms with Crippen LogP contribution in [0.3, 0.4) is 0 Å². The molecular weight excluding hydrogens is 492 g/mol. The summed E-state index contributed by atoms with van der Waals surface area (Å²) in [6.07, 6.45) is 3.61. The molecule has 0 radical (unpaired) electrons. The van der Waals surface area contributed by atoms with Crippen molar-refractivity contribution in [3.63, 3.8) is 0 Å². The van der Waals surface area contributed by atoms with E-state index in [1.807, 2.05) is 18.2 Å². The van der Waals surface area contributed by atoms with Gasteiger partial charge in [-0.2, -0.15) is 0 Å². The molecule has 1 heterocycles. The molecule has 0 aliphatic carbocycles. The molecule has 0 unspecified atom stereocenters. The van der Waals surface area contributed by atoms with Crippen LogP contribution >= 0.6 is 0 Å². The van der Waals surface area contributed by atoms with Gasteiger partial charge in [0.05, 0.1) is 9.79 Å². The Kier molecular flexibility index (Phi) is 10.3. The molecule has 0 fully saturated rings. The van der Waals surface area contributed by atoms with Gasteiger partial charge in [0.25, 0.3) is 0 Å². The monoisotopic (exact) mass is 517 g/mol. The summed E-state index contributed by atoms with van der Waals surface area (Å²) in [6, 6.07) is 17.4. The minimum Gasteiger partial charge on any atom is -1.00 e. The zero-order valence-electron chi connectivity index (χ0n) is 21.2. The summed E-state index contributed by atoms with van der Waals surface area (Å²) in [5, 5.41) is 14.1. The Morgan fingerprint density at radius 2 is 1.44 bits per heavy atom. The van der Waals surface area contributed by atoms with E-state index < -0.39 is 20.0 Å². The van der Waals surface area contributed by atoms with Gasteiger partial charge in [-0.1, -0.05) is 60.7 Å². The molecule has 0 atom stereocenters. The molecule has 11 heteroatoms. The van der Waals surface area contributed by atoms with Crippen molar-refractivity contribution in [2.45, 2.75) is 29.3 Å². The zero-order valence-corrected chi connectivity index (χ0v) is 24.8. The van der Waals surface area contributed by atoms with Gasteiger partial charge < -0.3 is 8.17 Å². The van der Waals surface area contributed by atoms with Crippen molar-refractivity contribution in [3.8, 4) is 0 Å². The second-order valence-corrected chi connectivity index (χ2v) is 10.7. The number of primary sulfonamides is 2. The maximum atomic E-state index is 12.3. The summed E-state index contributed by atoms with van der Waals surface area (Å²) in [4.78, 5) is -0.0680. The summed E-state index contributed by atoms with van der Waals surface area (Å²) in [5.74, 6) is 0. The third kappa shape index (κ3) is 6.89. The third-order valence-electron chi connectivity index (χ3n) is 5.43. The third-order valence-corrected chi connectivity index (χ3v) is 7.39. The van der Waals surface area contributed by atoms with E-state index in [1.165, 1.54) is 29.3 Å². The van der Waals surface area contributed by atoms with Crippen LogP contribution < -0.4 is 74.7 Å². The van der Waals surface area contributed by atoms with Crippen molar-refractivity contribution in [2.75, 3.05) is 0 Å². The Morgan fingerprint density at radius 1 is 0.794 bits per heavy atom. The predicted octanol–water partition coefficient (Wildman–Crippen LogP) is -3.42. The molecule has 0 saturated heterocycles. The van der Waals surface area contributed by atoms with Crippen LogP contribution in [0.15, 0.2) is 70.5 Å². The average Bonchev–Trinajstić information content (AvgIpc) is 3.21. The largest absolute Gasteiger partial charge is 1.00 e. The minimum atomic E-state index is -4.01. The van der Waals surface area contributed by atoms with Crippen LogP contribution in [0, 0.1) is 0 Å². The van der Waals surface area contributed by atoms with Crippen LogP contribution in [-0.2, 0) is 39.6 Å². The van der Waals surface area contributed by atoms with E-state index in [0.29, 0.717) is 17.5 Å². The first-order chi connectivity index (χ1) is 15.1. The molecule has 0 spiro atoms. The van der Waals surface area contributed by atoms with Crippen molar-refractivity contribution in [2.24, 2.45) is 10.3 Å². The van der Waals surface area contributed by atoms with Crippen molar-refractivity contribution >= 4 is 32.2 Å². The van der Waals surface area contributed by atoms with Crippen LogP contribution in [0.25, 0.3) is 12.2 Å². The molecule has 5 N–H and O–H groups in total. The number of rotatable bonds is 6. The van der Waals surface area contributed by atoms with Gasteiger partial charge in [0.15, 0.2) is 0 Å². The topological polar surface area (TPSA) is 132 Å². The van der Waals surface area contributed by atoms with Gasteiger partial charge in [0.1, 0.15) is 0 Å². The van der Waals surface area contributed by atoms with E-state index in [0.717, 1.165) is 24.2 Å². The number of benzene rings is 3. The smallest absolute Gasteiger partial charge is 1.00 e. The molecule has 0 amide bonds. The van der Waals surface area contributed by atoms with E-state index >= 15 is 0 Å². The summed E-state index contributed by atoms with van der Waals surface area (Å²) < 4.78 is 48.2. The summed E-state index contributed by atoms with van der Waals surface area (Å²) in [5.41, 5.74) is 5.16. The molecule has 0 aromatic heterocycles. The van der Waals surface area contributed by atoms with Crippen LogP contribution in [0.5, 0.6) is 0 Å². The number of nitrogens with two attached hydrogens (primary N) is 2. The van der Waals surface area contributed by atoms with Crippen molar-refractivity contribution in [1.82, 2.24) is 5.32 Å². The first-order valence-electron chi connectivity index (χ1n) is 9.89. The molecule has 0 saturated carbocycles. The van der Waals surface area contributed by atoms with Gasteiger partial charge in [-0.25, -0.2) is 27.1 Å². The molecule has 34 heavy (non-hydrogen) atoms. The van der Waals surface area contributed by atoms with Gasteiger partial charge >= 0.3 is 59.1 Å². The van der Waals surface area contributed by atoms with Crippen molar-refractivity contribution in [3.05, 3.63) is 94.0 Å². The Morgan fingerprint density at radius 3 is 2.12 bits per heavy atom. The van der Waals surface area contributed by atoms with Gasteiger partial charge in [-0.15, -0.1) is 0 Å². The normalized spacial score (nSPS) is 13.2. The first-order valence-corrected chi connectivity index (χ1v) is 13.0. The second-order valence-electron chi connectivity index (χ2n) is 7.67. The Labute approximate surface area is 247 Å². The summed E-state index contributed by atoms with van der Waals surface area (Å²) in [7, 11) is -7.93. The number of nitrogens with one attached hydrogen (secondary N) is 1. The summed E-state index contributed by atoms with van der Waals surface area (Å²) >= 11 is 0. The maximum absolute atomic E-state index is 12.3. The van der Waals surface area contributed by atoms with E-state index in [-0.39, 0.29) is 71.8 Å². The standard InChI is InChI=1S/C23H23N3O4S2.2Na.2H/c24-31(27,28)22-7-2-1-4-17(22)10-11-18-9-8-16(13-23(18)32(25,29)30)12-19-5-3-6-20-14-26-15-21(19)20;;;;/h1-11,13,26H,12,14-15H2,(H2,24,27,28)(H2,25,29,30);;;;/q;2*+1;2*-1. The fourth-order valence-electron chi connectivity index (χ4n) is 3.92. The number of sulfonamides is 2. The molecule has 3 aromatic carbocycles. The fourth-order valence-corrected chi connectivity index (χ4v) is 5.43. The molecular formula is C23H25N3Na2O4S2. The van der Waals surface area contributed by atoms with E-state index in [1.54, 1.807) is 30.3 Å². The van der Waals surface area contributed by atoms with E-state index in [4.69, 9.17) is 10.3 Å². The van der Waals surface area contributed by atoms with Gasteiger partial charge in [0, 0.05) is 13.1 Å². The molecule has 170 valence electrons. The van der Waals surface area contributed by atoms with Gasteiger partial charge in [0.2, 0.25) is 20.0 Å². The number of fused-ring (bicyclic) bond motifs is 1. The van der Waals surface area contributed by atoms with Crippen LogP contribution in [0.4, 0.5) is 0 Å². The minimum absolute atomic E-state index is 0. The molecule has 3 aromatic rings. The SMILES string of the molecule is NS(=O)(=O)c1ccccc1C=Cc1ccc(Cc2cccc3c2CNC3)cc1S(N)(=O)=O.[H-].[H-].[Na+].[Na+]. The van der Waals surface area contributed by atoms with Crippen molar-refractivity contribution < 1.29 is 78.8 Å². The Balaban J connectivity index is 0.00000306. The quantitative estimate of drug-likeness (QED) is 0.232. The Bertz CT molecular complexity index is 1450. The fraction of sp³-hybridized carbons (Fsp3) is 0.130. The zero-order chi connectivity index (χ0) is 22.9. The Hall–Kier alpha value is -0.820. The van der Waals surface area contributed by atoms with Crippen LogP contribution in [0.2, 0.25) is 0 Å². The molecule has 7 nitrogen and oxygen atoms in total. The molecule has 0 bridgehead atoms. The van der Waals surface area contributed by atoms with E-state index in [2.05, 4.69) is 11.4 Å². The average molecular weight is 518 g/mol. The summed E-state index contributed by atoms with van der Waals surface area (Å²) in [6.45, 7) is 1.62. The van der Waals surface area contributed by atoms with Crippen LogP contribution in [-0.4, -0.2) is 16.8 Å². The second kappa shape index (κ2) is 11.9. The number of hydrogen-bond donors (Lipinski definition) is 3. The van der Waals surface area contributed by atoms with E-state index in [9.17, 15) is 16.8 Å². The molecule has 1 aliphatic rings. The van der Waals surface area contributed by atoms with Crippen LogP contribution in [0.1, 0.15) is 36.2 Å². The van der Waals surface area contributed by atoms with Gasteiger partial charge in [-0.3, -0.25) is 0 Å². The first kappa shape index (κ1) is 29.4. The predicted molar refractivity (Wildman–Crippen MR) is 127 cm³/mol.